The fraction of sp³-hybridized carbons (Fsp3) is 0.357. The van der Waals surface area contributed by atoms with E-state index in [0.717, 1.165) is 15.8 Å². The van der Waals surface area contributed by atoms with Gasteiger partial charge in [0, 0.05) is 16.6 Å². The Morgan fingerprint density at radius 1 is 1.47 bits per heavy atom. The molecule has 4 nitrogen and oxygen atoms in total. The largest absolute Gasteiger partial charge is 0.497 e. The quantitative estimate of drug-likeness (QED) is 0.904. The molecule has 1 aromatic heterocycles. The molecule has 1 aromatic carbocycles. The van der Waals surface area contributed by atoms with Crippen molar-refractivity contribution in [1.29, 1.82) is 0 Å². The molecule has 19 heavy (non-hydrogen) atoms. The van der Waals surface area contributed by atoms with Crippen molar-refractivity contribution in [2.45, 2.75) is 13.8 Å². The van der Waals surface area contributed by atoms with Crippen molar-refractivity contribution in [3.05, 3.63) is 23.1 Å². The number of anilines is 1. The van der Waals surface area contributed by atoms with E-state index in [-0.39, 0.29) is 5.91 Å². The lowest BCUT2D eigenvalue weighted by Gasteiger charge is -2.06. The zero-order valence-corrected chi connectivity index (χ0v) is 12.1. The van der Waals surface area contributed by atoms with Crippen molar-refractivity contribution in [2.75, 3.05) is 19.4 Å². The van der Waals surface area contributed by atoms with Gasteiger partial charge in [0.15, 0.2) is 0 Å². The standard InChI is InChI=1S/C14H18N2O2S/c1-8(2)7-16-14(17)13-12(15)10-5-4-9(18-3)6-11(10)19-13/h4-6,8H,7,15H2,1-3H3,(H,16,17). The average molecular weight is 278 g/mol. The van der Waals surface area contributed by atoms with Gasteiger partial charge in [-0.15, -0.1) is 11.3 Å². The second kappa shape index (κ2) is 5.48. The molecular formula is C14H18N2O2S. The molecule has 2 aromatic rings. The summed E-state index contributed by atoms with van der Waals surface area (Å²) in [6, 6.07) is 5.63. The van der Waals surface area contributed by atoms with Crippen LogP contribution in [-0.2, 0) is 0 Å². The molecule has 102 valence electrons. The summed E-state index contributed by atoms with van der Waals surface area (Å²) in [5.74, 6) is 1.08. The van der Waals surface area contributed by atoms with Gasteiger partial charge in [-0.2, -0.15) is 0 Å². The van der Waals surface area contributed by atoms with Crippen LogP contribution in [-0.4, -0.2) is 19.6 Å². The Balaban J connectivity index is 2.33. The van der Waals surface area contributed by atoms with Crippen LogP contribution in [0.5, 0.6) is 5.75 Å². The Kier molecular flexibility index (Phi) is 3.95. The number of carbonyl (C=O) groups is 1. The van der Waals surface area contributed by atoms with Crippen LogP contribution in [0.15, 0.2) is 18.2 Å². The lowest BCUT2D eigenvalue weighted by atomic mass is 10.2. The maximum absolute atomic E-state index is 12.1. The minimum absolute atomic E-state index is 0.105. The molecule has 1 heterocycles. The third-order valence-corrected chi connectivity index (χ3v) is 3.98. The number of thiophene rings is 1. The van der Waals surface area contributed by atoms with Crippen LogP contribution >= 0.6 is 11.3 Å². The Bertz CT molecular complexity index is 605. The summed E-state index contributed by atoms with van der Waals surface area (Å²) < 4.78 is 6.14. The summed E-state index contributed by atoms with van der Waals surface area (Å²) in [4.78, 5) is 12.7. The fourth-order valence-electron chi connectivity index (χ4n) is 1.77. The summed E-state index contributed by atoms with van der Waals surface area (Å²) in [5.41, 5.74) is 6.59. The third-order valence-electron chi connectivity index (χ3n) is 2.81. The van der Waals surface area contributed by atoms with Crippen LogP contribution in [0.25, 0.3) is 10.1 Å². The smallest absolute Gasteiger partial charge is 0.263 e. The lowest BCUT2D eigenvalue weighted by molar-refractivity contribution is 0.0954. The molecule has 0 aliphatic heterocycles. The van der Waals surface area contributed by atoms with Gasteiger partial charge < -0.3 is 15.8 Å². The number of nitrogens with two attached hydrogens (primary N) is 1. The van der Waals surface area contributed by atoms with Crippen molar-refractivity contribution >= 4 is 33.0 Å². The number of rotatable bonds is 4. The zero-order valence-electron chi connectivity index (χ0n) is 11.3. The normalized spacial score (nSPS) is 10.9. The topological polar surface area (TPSA) is 64.3 Å². The van der Waals surface area contributed by atoms with Crippen LogP contribution < -0.4 is 15.8 Å². The van der Waals surface area contributed by atoms with E-state index in [1.54, 1.807) is 7.11 Å². The molecule has 1 amide bonds. The second-order valence-corrected chi connectivity index (χ2v) is 5.86. The SMILES string of the molecule is COc1ccc2c(N)c(C(=O)NCC(C)C)sc2c1. The summed E-state index contributed by atoms with van der Waals surface area (Å²) >= 11 is 1.40. The number of hydrogen-bond acceptors (Lipinski definition) is 4. The second-order valence-electron chi connectivity index (χ2n) is 4.81. The van der Waals surface area contributed by atoms with E-state index in [4.69, 9.17) is 10.5 Å². The van der Waals surface area contributed by atoms with E-state index in [0.29, 0.717) is 23.0 Å². The van der Waals surface area contributed by atoms with Crippen LogP contribution in [0.3, 0.4) is 0 Å². The van der Waals surface area contributed by atoms with E-state index in [9.17, 15) is 4.79 Å². The molecule has 3 N–H and O–H groups in total. The molecule has 0 saturated heterocycles. The van der Waals surface area contributed by atoms with Gasteiger partial charge in [0.05, 0.1) is 12.8 Å². The van der Waals surface area contributed by atoms with Gasteiger partial charge in [-0.05, 0) is 24.1 Å². The monoisotopic (exact) mass is 278 g/mol. The van der Waals surface area contributed by atoms with Gasteiger partial charge in [-0.1, -0.05) is 13.8 Å². The van der Waals surface area contributed by atoms with Crippen molar-refractivity contribution < 1.29 is 9.53 Å². The average Bonchev–Trinajstić information content (AvgIpc) is 2.72. The predicted molar refractivity (Wildman–Crippen MR) is 80.0 cm³/mol. The molecule has 0 radical (unpaired) electrons. The van der Waals surface area contributed by atoms with Gasteiger partial charge in [-0.3, -0.25) is 4.79 Å². The van der Waals surface area contributed by atoms with Gasteiger partial charge in [0.2, 0.25) is 0 Å². The molecule has 0 atom stereocenters. The maximum Gasteiger partial charge on any atom is 0.263 e. The van der Waals surface area contributed by atoms with Gasteiger partial charge in [0.25, 0.3) is 5.91 Å². The first kappa shape index (κ1) is 13.7. The molecular weight excluding hydrogens is 260 g/mol. The third kappa shape index (κ3) is 2.81. The molecule has 0 fully saturated rings. The molecule has 2 rings (SSSR count). The number of nitrogen functional groups attached to an aromatic ring is 1. The van der Waals surface area contributed by atoms with Crippen LogP contribution in [0.2, 0.25) is 0 Å². The van der Waals surface area contributed by atoms with Gasteiger partial charge >= 0.3 is 0 Å². The summed E-state index contributed by atoms with van der Waals surface area (Å²) in [7, 11) is 1.62. The molecule has 0 aliphatic carbocycles. The van der Waals surface area contributed by atoms with Gasteiger partial charge in [-0.25, -0.2) is 0 Å². The highest BCUT2D eigenvalue weighted by atomic mass is 32.1. The number of nitrogens with one attached hydrogen (secondary N) is 1. The van der Waals surface area contributed by atoms with Crippen molar-refractivity contribution in [2.24, 2.45) is 5.92 Å². The van der Waals surface area contributed by atoms with Crippen LogP contribution in [0.1, 0.15) is 23.5 Å². The van der Waals surface area contributed by atoms with E-state index >= 15 is 0 Å². The number of ether oxygens (including phenoxy) is 1. The van der Waals surface area contributed by atoms with Crippen LogP contribution in [0.4, 0.5) is 5.69 Å². The number of hydrogen-bond donors (Lipinski definition) is 2. The highest BCUT2D eigenvalue weighted by Crippen LogP contribution is 2.35. The van der Waals surface area contributed by atoms with Crippen molar-refractivity contribution in [1.82, 2.24) is 5.32 Å². The number of amides is 1. The minimum Gasteiger partial charge on any atom is -0.497 e. The van der Waals surface area contributed by atoms with E-state index in [2.05, 4.69) is 19.2 Å². The Morgan fingerprint density at radius 2 is 2.21 bits per heavy atom. The van der Waals surface area contributed by atoms with Crippen molar-refractivity contribution in [3.63, 3.8) is 0 Å². The molecule has 0 aliphatic rings. The number of methoxy groups -OCH3 is 1. The van der Waals surface area contributed by atoms with Crippen LogP contribution in [0, 0.1) is 5.92 Å². The highest BCUT2D eigenvalue weighted by Gasteiger charge is 2.16. The zero-order chi connectivity index (χ0) is 14.0. The molecule has 0 bridgehead atoms. The van der Waals surface area contributed by atoms with E-state index < -0.39 is 0 Å². The van der Waals surface area contributed by atoms with Gasteiger partial charge in [0.1, 0.15) is 10.6 Å². The molecule has 0 saturated carbocycles. The number of benzene rings is 1. The molecule has 5 heteroatoms. The van der Waals surface area contributed by atoms with E-state index in [1.807, 2.05) is 18.2 Å². The summed E-state index contributed by atoms with van der Waals surface area (Å²) in [6.45, 7) is 4.76. The Hall–Kier alpha value is -1.75. The first-order chi connectivity index (χ1) is 9.02. The fourth-order valence-corrected chi connectivity index (χ4v) is 2.84. The van der Waals surface area contributed by atoms with E-state index in [1.165, 1.54) is 11.3 Å². The Morgan fingerprint density at radius 3 is 2.84 bits per heavy atom. The lowest BCUT2D eigenvalue weighted by Crippen LogP contribution is -2.27. The summed E-state index contributed by atoms with van der Waals surface area (Å²) in [5, 5.41) is 3.79. The first-order valence-electron chi connectivity index (χ1n) is 6.17. The molecule has 0 unspecified atom stereocenters. The highest BCUT2D eigenvalue weighted by molar-refractivity contribution is 7.21. The molecule has 0 spiro atoms. The minimum atomic E-state index is -0.105. The van der Waals surface area contributed by atoms with Crippen molar-refractivity contribution in [3.8, 4) is 5.75 Å². The maximum atomic E-state index is 12.1. The predicted octanol–water partition coefficient (Wildman–Crippen LogP) is 2.88. The first-order valence-corrected chi connectivity index (χ1v) is 6.98. The number of carbonyl (C=O) groups excluding carboxylic acids is 1. The number of fused-ring (bicyclic) bond motifs is 1. The Labute approximate surface area is 116 Å². The summed E-state index contributed by atoms with van der Waals surface area (Å²) in [6.07, 6.45) is 0.